The molecule has 1 aliphatic rings. The van der Waals surface area contributed by atoms with Crippen molar-refractivity contribution < 1.29 is 4.74 Å². The third kappa shape index (κ3) is 5.80. The molecular formula is C19H32N4O. The quantitative estimate of drug-likeness (QED) is 0.619. The molecule has 1 heterocycles. The van der Waals surface area contributed by atoms with E-state index in [4.69, 9.17) is 4.74 Å². The van der Waals surface area contributed by atoms with E-state index in [-0.39, 0.29) is 0 Å². The number of ether oxygens (including phenoxy) is 1. The highest BCUT2D eigenvalue weighted by atomic mass is 16.5. The molecule has 0 aromatic heterocycles. The lowest BCUT2D eigenvalue weighted by Gasteiger charge is -2.35. The molecule has 1 aromatic rings. The van der Waals surface area contributed by atoms with Crippen molar-refractivity contribution in [3.8, 4) is 0 Å². The number of hydrogen-bond donors (Lipinski definition) is 2. The van der Waals surface area contributed by atoms with Crippen LogP contribution in [0.25, 0.3) is 0 Å². The van der Waals surface area contributed by atoms with Crippen molar-refractivity contribution >= 4 is 5.96 Å². The fraction of sp³-hybridized carbons (Fsp3) is 0.632. The van der Waals surface area contributed by atoms with Crippen LogP contribution >= 0.6 is 0 Å². The van der Waals surface area contributed by atoms with Crippen LogP contribution < -0.4 is 10.6 Å². The normalized spacial score (nSPS) is 17.8. The van der Waals surface area contributed by atoms with Gasteiger partial charge in [0.1, 0.15) is 0 Å². The van der Waals surface area contributed by atoms with Gasteiger partial charge in [0, 0.05) is 33.2 Å². The number of aryl methyl sites for hydroxylation is 1. The second kappa shape index (κ2) is 9.64. The fourth-order valence-corrected chi connectivity index (χ4v) is 2.94. The van der Waals surface area contributed by atoms with Gasteiger partial charge in [0.25, 0.3) is 0 Å². The van der Waals surface area contributed by atoms with Crippen LogP contribution in [0.5, 0.6) is 0 Å². The molecule has 0 bridgehead atoms. The van der Waals surface area contributed by atoms with Crippen LogP contribution in [-0.4, -0.2) is 57.3 Å². The molecule has 2 N–H and O–H groups in total. The topological polar surface area (TPSA) is 48.9 Å². The predicted molar refractivity (Wildman–Crippen MR) is 101 cm³/mol. The molecule has 1 aromatic carbocycles. The minimum absolute atomic E-state index is 0.325. The largest absolute Gasteiger partial charge is 0.379 e. The van der Waals surface area contributed by atoms with Gasteiger partial charge < -0.3 is 15.4 Å². The van der Waals surface area contributed by atoms with E-state index in [1.165, 1.54) is 11.1 Å². The van der Waals surface area contributed by atoms with Crippen LogP contribution in [0.4, 0.5) is 0 Å². The zero-order valence-electron chi connectivity index (χ0n) is 15.5. The molecule has 134 valence electrons. The molecule has 1 saturated heterocycles. The Bertz CT molecular complexity index is 524. The number of aliphatic imine (C=N–C) groups is 1. The van der Waals surface area contributed by atoms with Crippen molar-refractivity contribution in [2.45, 2.75) is 26.8 Å². The summed E-state index contributed by atoms with van der Waals surface area (Å²) < 4.78 is 5.52. The Morgan fingerprint density at radius 3 is 2.54 bits per heavy atom. The molecular weight excluding hydrogens is 300 g/mol. The predicted octanol–water partition coefficient (Wildman–Crippen LogP) is 2.19. The first-order valence-corrected chi connectivity index (χ1v) is 8.93. The summed E-state index contributed by atoms with van der Waals surface area (Å²) in [5.41, 5.74) is 2.65. The van der Waals surface area contributed by atoms with Crippen LogP contribution in [0.1, 0.15) is 31.0 Å². The van der Waals surface area contributed by atoms with Crippen molar-refractivity contribution in [3.63, 3.8) is 0 Å². The van der Waals surface area contributed by atoms with Crippen LogP contribution in [-0.2, 0) is 4.74 Å². The van der Waals surface area contributed by atoms with E-state index in [9.17, 15) is 0 Å². The molecule has 1 atom stereocenters. The van der Waals surface area contributed by atoms with Crippen molar-refractivity contribution in [3.05, 3.63) is 35.4 Å². The second-order valence-electron chi connectivity index (χ2n) is 6.81. The third-order valence-corrected chi connectivity index (χ3v) is 4.28. The molecule has 0 radical (unpaired) electrons. The smallest absolute Gasteiger partial charge is 0.191 e. The third-order valence-electron chi connectivity index (χ3n) is 4.28. The highest BCUT2D eigenvalue weighted by Crippen LogP contribution is 2.22. The number of nitrogens with zero attached hydrogens (tertiary/aromatic N) is 2. The molecule has 0 amide bonds. The maximum absolute atomic E-state index is 5.52. The summed E-state index contributed by atoms with van der Waals surface area (Å²) in [5.74, 6) is 1.46. The Hall–Kier alpha value is -1.59. The van der Waals surface area contributed by atoms with Crippen LogP contribution in [0, 0.1) is 12.8 Å². The van der Waals surface area contributed by atoms with Crippen LogP contribution in [0.3, 0.4) is 0 Å². The van der Waals surface area contributed by atoms with Gasteiger partial charge in [0.15, 0.2) is 5.96 Å². The maximum Gasteiger partial charge on any atom is 0.191 e. The minimum atomic E-state index is 0.325. The number of nitrogens with one attached hydrogen (secondary N) is 2. The highest BCUT2D eigenvalue weighted by Gasteiger charge is 2.23. The molecule has 2 rings (SSSR count). The number of benzene rings is 1. The molecule has 24 heavy (non-hydrogen) atoms. The molecule has 0 saturated carbocycles. The summed E-state index contributed by atoms with van der Waals surface area (Å²) in [7, 11) is 1.83. The Kier molecular flexibility index (Phi) is 7.53. The average molecular weight is 332 g/mol. The van der Waals surface area contributed by atoms with Crippen molar-refractivity contribution in [2.75, 3.05) is 46.4 Å². The summed E-state index contributed by atoms with van der Waals surface area (Å²) >= 11 is 0. The first-order valence-electron chi connectivity index (χ1n) is 8.93. The molecule has 0 spiro atoms. The van der Waals surface area contributed by atoms with Gasteiger partial charge in [-0.3, -0.25) is 9.89 Å². The fourth-order valence-electron chi connectivity index (χ4n) is 2.94. The summed E-state index contributed by atoms with van der Waals surface area (Å²) in [6.45, 7) is 11.9. The van der Waals surface area contributed by atoms with Gasteiger partial charge in [-0.1, -0.05) is 43.7 Å². The van der Waals surface area contributed by atoms with E-state index in [1.54, 1.807) is 0 Å². The minimum Gasteiger partial charge on any atom is -0.379 e. The Balaban J connectivity index is 2.05. The van der Waals surface area contributed by atoms with E-state index in [1.807, 2.05) is 7.05 Å². The van der Waals surface area contributed by atoms with Gasteiger partial charge in [0.2, 0.25) is 0 Å². The van der Waals surface area contributed by atoms with Gasteiger partial charge in [-0.15, -0.1) is 0 Å². The monoisotopic (exact) mass is 332 g/mol. The van der Waals surface area contributed by atoms with Gasteiger partial charge >= 0.3 is 0 Å². The van der Waals surface area contributed by atoms with E-state index >= 15 is 0 Å². The molecule has 5 heteroatoms. The maximum atomic E-state index is 5.52. The SMILES string of the molecule is CN=C(NCC(C)C)NCC(c1cccc(C)c1)N1CCOCC1. The van der Waals surface area contributed by atoms with Crippen molar-refractivity contribution in [1.29, 1.82) is 0 Å². The summed E-state index contributed by atoms with van der Waals surface area (Å²) in [5, 5.41) is 6.88. The first kappa shape index (κ1) is 18.7. The number of guanidine groups is 1. The molecule has 1 fully saturated rings. The van der Waals surface area contributed by atoms with Crippen molar-refractivity contribution in [1.82, 2.24) is 15.5 Å². The standard InChI is InChI=1S/C19H32N4O/c1-15(2)13-21-19(20-4)22-14-18(23-8-10-24-11-9-23)17-7-5-6-16(3)12-17/h5-7,12,15,18H,8-11,13-14H2,1-4H3,(H2,20,21,22). The lowest BCUT2D eigenvalue weighted by atomic mass is 10.0. The van der Waals surface area contributed by atoms with Crippen LogP contribution in [0.2, 0.25) is 0 Å². The average Bonchev–Trinajstić information content (AvgIpc) is 2.58. The van der Waals surface area contributed by atoms with Gasteiger partial charge in [-0.25, -0.2) is 0 Å². The number of hydrogen-bond acceptors (Lipinski definition) is 3. The molecule has 5 nitrogen and oxygen atoms in total. The van der Waals surface area contributed by atoms with Gasteiger partial charge in [-0.05, 0) is 18.4 Å². The Morgan fingerprint density at radius 1 is 1.21 bits per heavy atom. The van der Waals surface area contributed by atoms with E-state index in [2.05, 4.69) is 65.6 Å². The van der Waals surface area contributed by atoms with Crippen molar-refractivity contribution in [2.24, 2.45) is 10.9 Å². The Labute approximate surface area is 146 Å². The lowest BCUT2D eigenvalue weighted by Crippen LogP contribution is -2.46. The molecule has 1 aliphatic heterocycles. The summed E-state index contributed by atoms with van der Waals surface area (Å²) in [6.07, 6.45) is 0. The van der Waals surface area contributed by atoms with E-state index in [0.717, 1.165) is 45.4 Å². The lowest BCUT2D eigenvalue weighted by molar-refractivity contribution is 0.0170. The van der Waals surface area contributed by atoms with E-state index in [0.29, 0.717) is 12.0 Å². The summed E-state index contributed by atoms with van der Waals surface area (Å²) in [4.78, 5) is 6.84. The van der Waals surface area contributed by atoms with E-state index < -0.39 is 0 Å². The van der Waals surface area contributed by atoms with Crippen LogP contribution in [0.15, 0.2) is 29.3 Å². The van der Waals surface area contributed by atoms with Gasteiger partial charge in [-0.2, -0.15) is 0 Å². The van der Waals surface area contributed by atoms with Gasteiger partial charge in [0.05, 0.1) is 19.3 Å². The molecule has 1 unspecified atom stereocenters. The number of rotatable bonds is 6. The molecule has 0 aliphatic carbocycles. The summed E-state index contributed by atoms with van der Waals surface area (Å²) in [6, 6.07) is 9.12. The highest BCUT2D eigenvalue weighted by molar-refractivity contribution is 5.79. The zero-order valence-corrected chi connectivity index (χ0v) is 15.5. The number of morpholine rings is 1. The zero-order chi connectivity index (χ0) is 17.4. The first-order chi connectivity index (χ1) is 11.6. The second-order valence-corrected chi connectivity index (χ2v) is 6.81. The Morgan fingerprint density at radius 2 is 1.92 bits per heavy atom.